The van der Waals surface area contributed by atoms with Crippen LogP contribution in [-0.2, 0) is 9.59 Å². The fourth-order valence-corrected chi connectivity index (χ4v) is 2.67. The predicted octanol–water partition coefficient (Wildman–Crippen LogP) is 3.08. The van der Waals surface area contributed by atoms with Crippen LogP contribution in [0.5, 0.6) is 5.75 Å². The summed E-state index contributed by atoms with van der Waals surface area (Å²) in [5, 5.41) is 5.43. The van der Waals surface area contributed by atoms with E-state index in [0.29, 0.717) is 25.3 Å². The third kappa shape index (κ3) is 8.02. The van der Waals surface area contributed by atoms with E-state index in [0.717, 1.165) is 5.75 Å². The number of para-hydroxylation sites is 1. The van der Waals surface area contributed by atoms with Crippen molar-refractivity contribution in [2.75, 3.05) is 30.0 Å². The SMILES string of the molecule is O=C(CSCC(=O)Nc1ccc(F)cc1)NCCCOc1ccccc1. The molecule has 0 fully saturated rings. The van der Waals surface area contributed by atoms with Gasteiger partial charge in [-0.05, 0) is 42.8 Å². The van der Waals surface area contributed by atoms with Gasteiger partial charge in [0.25, 0.3) is 0 Å². The van der Waals surface area contributed by atoms with Gasteiger partial charge in [-0.25, -0.2) is 4.39 Å². The van der Waals surface area contributed by atoms with Crippen molar-refractivity contribution in [3.05, 3.63) is 60.4 Å². The molecule has 2 rings (SSSR count). The summed E-state index contributed by atoms with van der Waals surface area (Å²) < 4.78 is 18.3. The van der Waals surface area contributed by atoms with Crippen LogP contribution in [-0.4, -0.2) is 36.5 Å². The van der Waals surface area contributed by atoms with Gasteiger partial charge in [-0.2, -0.15) is 0 Å². The summed E-state index contributed by atoms with van der Waals surface area (Å²) in [5.74, 6) is 0.456. The van der Waals surface area contributed by atoms with Gasteiger partial charge >= 0.3 is 0 Å². The lowest BCUT2D eigenvalue weighted by Crippen LogP contribution is -2.27. The van der Waals surface area contributed by atoms with E-state index < -0.39 is 0 Å². The number of anilines is 1. The fourth-order valence-electron chi connectivity index (χ4n) is 2.02. The number of nitrogens with one attached hydrogen (secondary N) is 2. The van der Waals surface area contributed by atoms with E-state index in [1.165, 1.54) is 36.0 Å². The van der Waals surface area contributed by atoms with Crippen LogP contribution in [0, 0.1) is 5.82 Å². The number of thioether (sulfide) groups is 1. The van der Waals surface area contributed by atoms with E-state index in [-0.39, 0.29) is 29.1 Å². The summed E-state index contributed by atoms with van der Waals surface area (Å²) in [6.45, 7) is 1.05. The average molecular weight is 376 g/mol. The van der Waals surface area contributed by atoms with Crippen molar-refractivity contribution in [2.24, 2.45) is 0 Å². The van der Waals surface area contributed by atoms with Crippen LogP contribution in [0.1, 0.15) is 6.42 Å². The number of carbonyl (C=O) groups is 2. The molecule has 0 saturated carbocycles. The van der Waals surface area contributed by atoms with Crippen molar-refractivity contribution in [2.45, 2.75) is 6.42 Å². The van der Waals surface area contributed by atoms with Crippen molar-refractivity contribution in [3.63, 3.8) is 0 Å². The zero-order chi connectivity index (χ0) is 18.6. The normalized spacial score (nSPS) is 10.2. The Morgan fingerprint density at radius 1 is 0.962 bits per heavy atom. The van der Waals surface area contributed by atoms with Gasteiger partial charge in [0.2, 0.25) is 11.8 Å². The zero-order valence-electron chi connectivity index (χ0n) is 14.2. The predicted molar refractivity (Wildman–Crippen MR) is 102 cm³/mol. The lowest BCUT2D eigenvalue weighted by molar-refractivity contribution is -0.118. The van der Waals surface area contributed by atoms with Crippen LogP contribution in [0.4, 0.5) is 10.1 Å². The summed E-state index contributed by atoms with van der Waals surface area (Å²) in [6, 6.07) is 15.0. The Labute approximate surface area is 156 Å². The monoisotopic (exact) mass is 376 g/mol. The molecular formula is C19H21FN2O3S. The minimum absolute atomic E-state index is 0.121. The first-order valence-electron chi connectivity index (χ1n) is 8.21. The Bertz CT molecular complexity index is 696. The highest BCUT2D eigenvalue weighted by Gasteiger charge is 2.06. The first kappa shape index (κ1) is 19.8. The van der Waals surface area contributed by atoms with Crippen LogP contribution in [0.2, 0.25) is 0 Å². The molecule has 0 aliphatic rings. The molecule has 0 atom stereocenters. The summed E-state index contributed by atoms with van der Waals surface area (Å²) >= 11 is 1.22. The van der Waals surface area contributed by atoms with Crippen LogP contribution < -0.4 is 15.4 Å². The Morgan fingerprint density at radius 2 is 1.65 bits per heavy atom. The number of halogens is 1. The van der Waals surface area contributed by atoms with Gasteiger partial charge in [0.05, 0.1) is 18.1 Å². The topological polar surface area (TPSA) is 67.4 Å². The highest BCUT2D eigenvalue weighted by atomic mass is 32.2. The molecule has 0 aromatic heterocycles. The number of rotatable bonds is 10. The van der Waals surface area contributed by atoms with Crippen molar-refractivity contribution in [1.29, 1.82) is 0 Å². The molecule has 0 aliphatic carbocycles. The van der Waals surface area contributed by atoms with Gasteiger partial charge in [-0.3, -0.25) is 9.59 Å². The Kier molecular flexibility index (Phi) is 8.48. The van der Waals surface area contributed by atoms with Gasteiger partial charge in [-0.1, -0.05) is 18.2 Å². The lowest BCUT2D eigenvalue weighted by Gasteiger charge is -2.07. The van der Waals surface area contributed by atoms with Crippen molar-refractivity contribution >= 4 is 29.3 Å². The van der Waals surface area contributed by atoms with Gasteiger partial charge < -0.3 is 15.4 Å². The van der Waals surface area contributed by atoms with Crippen LogP contribution in [0.15, 0.2) is 54.6 Å². The van der Waals surface area contributed by atoms with Gasteiger partial charge in [0.1, 0.15) is 11.6 Å². The third-order valence-corrected chi connectivity index (χ3v) is 4.18. The first-order chi connectivity index (χ1) is 12.6. The van der Waals surface area contributed by atoms with E-state index in [2.05, 4.69) is 10.6 Å². The maximum Gasteiger partial charge on any atom is 0.234 e. The fraction of sp³-hybridized carbons (Fsp3) is 0.263. The molecule has 2 aromatic rings. The molecule has 138 valence electrons. The second-order valence-corrected chi connectivity index (χ2v) is 6.40. The molecular weight excluding hydrogens is 355 g/mol. The van der Waals surface area contributed by atoms with E-state index in [9.17, 15) is 14.0 Å². The van der Waals surface area contributed by atoms with Crippen LogP contribution >= 0.6 is 11.8 Å². The highest BCUT2D eigenvalue weighted by molar-refractivity contribution is 8.00. The second-order valence-electron chi connectivity index (χ2n) is 5.41. The Balaban J connectivity index is 1.50. The van der Waals surface area contributed by atoms with Gasteiger partial charge in [-0.15, -0.1) is 11.8 Å². The van der Waals surface area contributed by atoms with Gasteiger partial charge in [0.15, 0.2) is 0 Å². The van der Waals surface area contributed by atoms with E-state index in [4.69, 9.17) is 4.74 Å². The summed E-state index contributed by atoms with van der Waals surface area (Å²) in [4.78, 5) is 23.4. The molecule has 0 unspecified atom stereocenters. The molecule has 0 aliphatic heterocycles. The highest BCUT2D eigenvalue weighted by Crippen LogP contribution is 2.10. The third-order valence-electron chi connectivity index (χ3n) is 3.25. The number of amides is 2. The maximum absolute atomic E-state index is 12.8. The average Bonchev–Trinajstić information content (AvgIpc) is 2.64. The molecule has 7 heteroatoms. The van der Waals surface area contributed by atoms with E-state index in [1.807, 2.05) is 30.3 Å². The first-order valence-corrected chi connectivity index (χ1v) is 9.36. The molecule has 0 saturated heterocycles. The number of benzene rings is 2. The molecule has 26 heavy (non-hydrogen) atoms. The lowest BCUT2D eigenvalue weighted by atomic mass is 10.3. The maximum atomic E-state index is 12.8. The molecule has 0 spiro atoms. The number of hydrogen-bond acceptors (Lipinski definition) is 4. The number of carbonyl (C=O) groups excluding carboxylic acids is 2. The van der Waals surface area contributed by atoms with Crippen molar-refractivity contribution < 1.29 is 18.7 Å². The number of hydrogen-bond donors (Lipinski definition) is 2. The molecule has 2 amide bonds. The minimum atomic E-state index is -0.358. The van der Waals surface area contributed by atoms with Crippen molar-refractivity contribution in [3.8, 4) is 5.75 Å². The standard InChI is InChI=1S/C19H21FN2O3S/c20-15-7-9-16(10-8-15)22-19(24)14-26-13-18(23)21-11-4-12-25-17-5-2-1-3-6-17/h1-3,5-10H,4,11-14H2,(H,21,23)(H,22,24). The molecule has 5 nitrogen and oxygen atoms in total. The smallest absolute Gasteiger partial charge is 0.234 e. The van der Waals surface area contributed by atoms with Gasteiger partial charge in [0, 0.05) is 12.2 Å². The van der Waals surface area contributed by atoms with E-state index >= 15 is 0 Å². The van der Waals surface area contributed by atoms with Crippen LogP contribution in [0.25, 0.3) is 0 Å². The summed E-state index contributed by atoms with van der Waals surface area (Å²) in [6.07, 6.45) is 0.705. The Hall–Kier alpha value is -2.54. The molecule has 2 aromatic carbocycles. The second kappa shape index (κ2) is 11.1. The quantitative estimate of drug-likeness (QED) is 0.626. The van der Waals surface area contributed by atoms with Crippen LogP contribution in [0.3, 0.4) is 0 Å². The molecule has 0 radical (unpaired) electrons. The zero-order valence-corrected chi connectivity index (χ0v) is 15.1. The Morgan fingerprint density at radius 3 is 2.38 bits per heavy atom. The minimum Gasteiger partial charge on any atom is -0.494 e. The molecule has 2 N–H and O–H groups in total. The molecule has 0 heterocycles. The van der Waals surface area contributed by atoms with Crippen molar-refractivity contribution in [1.82, 2.24) is 5.32 Å². The number of ether oxygens (including phenoxy) is 1. The van der Waals surface area contributed by atoms with E-state index in [1.54, 1.807) is 0 Å². The molecule has 0 bridgehead atoms. The largest absolute Gasteiger partial charge is 0.494 e. The summed E-state index contributed by atoms with van der Waals surface area (Å²) in [5.41, 5.74) is 0.528. The summed E-state index contributed by atoms with van der Waals surface area (Å²) in [7, 11) is 0.